The highest BCUT2D eigenvalue weighted by Crippen LogP contribution is 2.30. The van der Waals surface area contributed by atoms with E-state index in [1.807, 2.05) is 35.7 Å². The number of carbonyl (C=O) groups excluding carboxylic acids is 1. The quantitative estimate of drug-likeness (QED) is 0.476. The molecule has 0 saturated carbocycles. The number of nitriles is 1. The van der Waals surface area contributed by atoms with Crippen LogP contribution in [0.5, 0.6) is 5.75 Å². The number of nitrogens with one attached hydrogen (secondary N) is 1. The summed E-state index contributed by atoms with van der Waals surface area (Å²) in [6.45, 7) is 2.23. The minimum Gasteiger partial charge on any atom is -0.497 e. The summed E-state index contributed by atoms with van der Waals surface area (Å²) < 4.78 is 5.18. The fourth-order valence-corrected chi connectivity index (χ4v) is 5.32. The van der Waals surface area contributed by atoms with Crippen molar-refractivity contribution in [1.29, 1.82) is 5.26 Å². The summed E-state index contributed by atoms with van der Waals surface area (Å²) in [6, 6.07) is 11.9. The lowest BCUT2D eigenvalue weighted by Crippen LogP contribution is -2.14. The third kappa shape index (κ3) is 5.29. The van der Waals surface area contributed by atoms with Crippen molar-refractivity contribution in [2.75, 3.05) is 18.2 Å². The Morgan fingerprint density at radius 2 is 2.16 bits per heavy atom. The Morgan fingerprint density at radius 3 is 2.91 bits per heavy atom. The molecule has 1 N–H and O–H groups in total. The van der Waals surface area contributed by atoms with Gasteiger partial charge in [0.1, 0.15) is 16.8 Å². The first-order valence-corrected chi connectivity index (χ1v) is 12.4. The van der Waals surface area contributed by atoms with Crippen molar-refractivity contribution in [1.82, 2.24) is 9.97 Å². The number of rotatable bonds is 7. The maximum Gasteiger partial charge on any atom is 0.226 e. The number of methoxy groups -OCH3 is 1. The van der Waals surface area contributed by atoms with Gasteiger partial charge in [-0.25, -0.2) is 9.97 Å². The molecule has 1 amide bonds. The van der Waals surface area contributed by atoms with Gasteiger partial charge in [0.2, 0.25) is 5.91 Å². The van der Waals surface area contributed by atoms with E-state index >= 15 is 0 Å². The Morgan fingerprint density at radius 1 is 1.34 bits per heavy atom. The molecule has 0 aliphatic heterocycles. The average Bonchev–Trinajstić information content (AvgIpc) is 3.27. The molecule has 0 saturated heterocycles. The van der Waals surface area contributed by atoms with Crippen LogP contribution in [0.1, 0.15) is 36.6 Å². The van der Waals surface area contributed by atoms with E-state index in [4.69, 9.17) is 9.72 Å². The summed E-state index contributed by atoms with van der Waals surface area (Å²) in [5, 5.41) is 15.6. The molecule has 1 aromatic carbocycles. The molecule has 8 heteroatoms. The van der Waals surface area contributed by atoms with Crippen molar-refractivity contribution < 1.29 is 9.53 Å². The number of hydrogen-bond donors (Lipinski definition) is 1. The minimum atomic E-state index is -0.0987. The maximum absolute atomic E-state index is 12.4. The van der Waals surface area contributed by atoms with Crippen LogP contribution in [0.2, 0.25) is 0 Å². The van der Waals surface area contributed by atoms with Gasteiger partial charge in [0.25, 0.3) is 0 Å². The number of thiazole rings is 1. The molecule has 6 nitrogen and oxygen atoms in total. The highest BCUT2D eigenvalue weighted by molar-refractivity contribution is 7.99. The van der Waals surface area contributed by atoms with E-state index in [-0.39, 0.29) is 5.91 Å². The van der Waals surface area contributed by atoms with Crippen LogP contribution in [0.3, 0.4) is 0 Å². The van der Waals surface area contributed by atoms with E-state index in [0.29, 0.717) is 28.8 Å². The lowest BCUT2D eigenvalue weighted by atomic mass is 9.87. The fraction of sp³-hybridized carbons (Fsp3) is 0.333. The van der Waals surface area contributed by atoms with Crippen molar-refractivity contribution in [3.8, 4) is 23.1 Å². The molecule has 1 aliphatic rings. The van der Waals surface area contributed by atoms with Crippen LogP contribution in [0, 0.1) is 17.2 Å². The van der Waals surface area contributed by atoms with Gasteiger partial charge in [-0.3, -0.25) is 4.79 Å². The summed E-state index contributed by atoms with van der Waals surface area (Å²) in [5.74, 6) is 1.88. The molecular weight excluding hydrogens is 440 g/mol. The van der Waals surface area contributed by atoms with E-state index in [1.54, 1.807) is 7.11 Å². The topological polar surface area (TPSA) is 87.9 Å². The Balaban J connectivity index is 1.32. The van der Waals surface area contributed by atoms with Crippen molar-refractivity contribution in [2.45, 2.75) is 37.6 Å². The Kier molecular flexibility index (Phi) is 7.08. The van der Waals surface area contributed by atoms with Gasteiger partial charge in [-0.2, -0.15) is 5.26 Å². The summed E-state index contributed by atoms with van der Waals surface area (Å²) in [6.07, 6.45) is 3.39. The number of benzene rings is 1. The highest BCUT2D eigenvalue weighted by atomic mass is 32.2. The van der Waals surface area contributed by atoms with Gasteiger partial charge in [0, 0.05) is 28.8 Å². The summed E-state index contributed by atoms with van der Waals surface area (Å²) in [7, 11) is 1.63. The molecule has 0 fully saturated rings. The number of anilines is 1. The van der Waals surface area contributed by atoms with Crippen LogP contribution in [-0.4, -0.2) is 28.7 Å². The number of aromatic nitrogens is 2. The highest BCUT2D eigenvalue weighted by Gasteiger charge is 2.19. The Labute approximate surface area is 196 Å². The van der Waals surface area contributed by atoms with Gasteiger partial charge in [-0.15, -0.1) is 23.1 Å². The van der Waals surface area contributed by atoms with E-state index in [0.717, 1.165) is 47.0 Å². The number of hydrogen-bond acceptors (Lipinski definition) is 7. The predicted octanol–water partition coefficient (Wildman–Crippen LogP) is 5.33. The summed E-state index contributed by atoms with van der Waals surface area (Å²) >= 11 is 2.86. The lowest BCUT2D eigenvalue weighted by Gasteiger charge is -2.21. The van der Waals surface area contributed by atoms with E-state index in [1.165, 1.54) is 28.7 Å². The minimum absolute atomic E-state index is 0.0987. The van der Waals surface area contributed by atoms with Crippen LogP contribution in [-0.2, 0) is 17.6 Å². The Hall–Kier alpha value is -2.89. The zero-order valence-corrected chi connectivity index (χ0v) is 19.7. The molecule has 4 rings (SSSR count). The maximum atomic E-state index is 12.4. The summed E-state index contributed by atoms with van der Waals surface area (Å²) in [5.41, 5.74) is 4.68. The van der Waals surface area contributed by atoms with Gasteiger partial charge in [0.05, 0.1) is 18.4 Å². The van der Waals surface area contributed by atoms with Crippen LogP contribution in [0.4, 0.5) is 5.13 Å². The third-order valence-corrected chi connectivity index (χ3v) is 7.17. The van der Waals surface area contributed by atoms with Gasteiger partial charge >= 0.3 is 0 Å². The number of carbonyl (C=O) groups is 1. The molecule has 0 radical (unpaired) electrons. The molecule has 164 valence electrons. The van der Waals surface area contributed by atoms with Crippen LogP contribution >= 0.6 is 23.1 Å². The molecule has 32 heavy (non-hydrogen) atoms. The molecular formula is C24H24N4O2S2. The van der Waals surface area contributed by atoms with Gasteiger partial charge in [-0.1, -0.05) is 6.92 Å². The summed E-state index contributed by atoms with van der Waals surface area (Å²) in [4.78, 5) is 21.6. The van der Waals surface area contributed by atoms with Crippen LogP contribution < -0.4 is 10.1 Å². The Bertz CT molecular complexity index is 1150. The number of amides is 1. The van der Waals surface area contributed by atoms with Crippen molar-refractivity contribution in [3.63, 3.8) is 0 Å². The second-order valence-electron chi connectivity index (χ2n) is 7.82. The number of ether oxygens (including phenoxy) is 1. The molecule has 1 atom stereocenters. The molecule has 1 unspecified atom stereocenters. The van der Waals surface area contributed by atoms with E-state index in [9.17, 15) is 10.1 Å². The zero-order valence-electron chi connectivity index (χ0n) is 18.1. The van der Waals surface area contributed by atoms with E-state index < -0.39 is 0 Å². The van der Waals surface area contributed by atoms with Crippen molar-refractivity contribution in [2.24, 2.45) is 5.92 Å². The number of pyridine rings is 1. The van der Waals surface area contributed by atoms with Crippen molar-refractivity contribution in [3.05, 3.63) is 52.5 Å². The fourth-order valence-electron chi connectivity index (χ4n) is 3.67. The molecule has 1 aliphatic carbocycles. The predicted molar refractivity (Wildman–Crippen MR) is 128 cm³/mol. The number of fused-ring (bicyclic) bond motifs is 1. The molecule has 0 spiro atoms. The third-order valence-electron chi connectivity index (χ3n) is 5.42. The average molecular weight is 465 g/mol. The van der Waals surface area contributed by atoms with Gasteiger partial charge in [0.15, 0.2) is 5.13 Å². The van der Waals surface area contributed by atoms with E-state index in [2.05, 4.69) is 23.3 Å². The SMILES string of the molecule is COc1ccc(-c2csc(NC(=O)CCSc3nc4c(cc3C#N)CC(C)CC4)n2)cc1. The normalized spacial score (nSPS) is 15.0. The second kappa shape index (κ2) is 10.2. The largest absolute Gasteiger partial charge is 0.497 e. The smallest absolute Gasteiger partial charge is 0.226 e. The van der Waals surface area contributed by atoms with Crippen molar-refractivity contribution >= 4 is 34.1 Å². The molecule has 3 aromatic rings. The second-order valence-corrected chi connectivity index (χ2v) is 9.76. The van der Waals surface area contributed by atoms with Gasteiger partial charge < -0.3 is 10.1 Å². The first-order chi connectivity index (χ1) is 15.6. The number of thioether (sulfide) groups is 1. The number of nitrogens with zero attached hydrogens (tertiary/aromatic N) is 3. The zero-order chi connectivity index (χ0) is 22.5. The first kappa shape index (κ1) is 22.3. The van der Waals surface area contributed by atoms with Gasteiger partial charge in [-0.05, 0) is 61.1 Å². The monoisotopic (exact) mass is 464 g/mol. The molecule has 2 aromatic heterocycles. The van der Waals surface area contributed by atoms with Crippen LogP contribution in [0.25, 0.3) is 11.3 Å². The first-order valence-electron chi connectivity index (χ1n) is 10.5. The molecule has 0 bridgehead atoms. The standard InChI is InChI=1S/C24H24N4O2S2/c1-15-3-8-20-17(11-15)12-18(13-25)23(26-20)31-10-9-22(29)28-24-27-21(14-32-24)16-4-6-19(30-2)7-5-16/h4-7,12,14-15H,3,8-11H2,1-2H3,(H,27,28,29). The molecule has 2 heterocycles. The number of aryl methyl sites for hydroxylation is 1. The van der Waals surface area contributed by atoms with Crippen LogP contribution in [0.15, 0.2) is 40.7 Å². The lowest BCUT2D eigenvalue weighted by molar-refractivity contribution is -0.115.